The SMILES string of the molecule is O=C(O)c1cc(OCC(=O)N2CCN(Cc3ccc(Cl)cc3)CC2)c2ccccc2n1. The van der Waals surface area contributed by atoms with Crippen molar-refractivity contribution < 1.29 is 19.4 Å². The van der Waals surface area contributed by atoms with Crippen LogP contribution in [0.5, 0.6) is 5.75 Å². The van der Waals surface area contributed by atoms with Crippen LogP contribution in [0.25, 0.3) is 10.9 Å². The number of ether oxygens (including phenoxy) is 1. The molecule has 2 aromatic carbocycles. The van der Waals surface area contributed by atoms with Gasteiger partial charge in [0.15, 0.2) is 12.3 Å². The number of nitrogens with zero attached hydrogens (tertiary/aromatic N) is 3. The van der Waals surface area contributed by atoms with Gasteiger partial charge in [-0.05, 0) is 29.8 Å². The molecule has 1 N–H and O–H groups in total. The molecule has 3 aromatic rings. The van der Waals surface area contributed by atoms with E-state index in [4.69, 9.17) is 16.3 Å². The number of rotatable bonds is 6. The number of piperazine rings is 1. The highest BCUT2D eigenvalue weighted by atomic mass is 35.5. The molecule has 2 heterocycles. The van der Waals surface area contributed by atoms with Gasteiger partial charge in [-0.1, -0.05) is 35.9 Å². The van der Waals surface area contributed by atoms with Crippen molar-refractivity contribution in [2.24, 2.45) is 0 Å². The summed E-state index contributed by atoms with van der Waals surface area (Å²) in [6, 6.07) is 16.3. The number of carbonyl (C=O) groups is 2. The quantitative estimate of drug-likeness (QED) is 0.634. The van der Waals surface area contributed by atoms with E-state index in [2.05, 4.69) is 9.88 Å². The third kappa shape index (κ3) is 5.13. The third-order valence-electron chi connectivity index (χ3n) is 5.29. The molecule has 0 bridgehead atoms. The number of hydrogen-bond acceptors (Lipinski definition) is 5. The fourth-order valence-corrected chi connectivity index (χ4v) is 3.73. The van der Waals surface area contributed by atoms with E-state index >= 15 is 0 Å². The second-order valence-electron chi connectivity index (χ2n) is 7.40. The van der Waals surface area contributed by atoms with E-state index in [-0.39, 0.29) is 18.2 Å². The lowest BCUT2D eigenvalue weighted by molar-refractivity contribution is -0.135. The molecule has 160 valence electrons. The maximum atomic E-state index is 12.7. The van der Waals surface area contributed by atoms with Crippen molar-refractivity contribution in [3.63, 3.8) is 0 Å². The topological polar surface area (TPSA) is 83.0 Å². The van der Waals surface area contributed by atoms with Crippen molar-refractivity contribution in [2.75, 3.05) is 32.8 Å². The molecule has 0 aliphatic carbocycles. The van der Waals surface area contributed by atoms with Crippen molar-refractivity contribution in [3.05, 3.63) is 70.9 Å². The van der Waals surface area contributed by atoms with Gasteiger partial charge in [0.2, 0.25) is 0 Å². The Morgan fingerprint density at radius 3 is 2.45 bits per heavy atom. The van der Waals surface area contributed by atoms with Crippen LogP contribution < -0.4 is 4.74 Å². The second kappa shape index (κ2) is 9.32. The van der Waals surface area contributed by atoms with Crippen molar-refractivity contribution in [2.45, 2.75) is 6.54 Å². The minimum Gasteiger partial charge on any atom is -0.483 e. The number of aromatic carboxylic acids is 1. The van der Waals surface area contributed by atoms with E-state index in [0.29, 0.717) is 29.7 Å². The molecule has 1 aromatic heterocycles. The van der Waals surface area contributed by atoms with Crippen LogP contribution in [0.3, 0.4) is 0 Å². The summed E-state index contributed by atoms with van der Waals surface area (Å²) in [4.78, 5) is 32.2. The van der Waals surface area contributed by atoms with Gasteiger partial charge in [0, 0.05) is 49.2 Å². The van der Waals surface area contributed by atoms with Crippen LogP contribution >= 0.6 is 11.6 Å². The molecule has 1 aliphatic heterocycles. The molecule has 7 nitrogen and oxygen atoms in total. The van der Waals surface area contributed by atoms with E-state index in [1.165, 1.54) is 11.6 Å². The van der Waals surface area contributed by atoms with Gasteiger partial charge in [-0.15, -0.1) is 0 Å². The standard InChI is InChI=1S/C23H22ClN3O4/c24-17-7-5-16(6-8-17)14-26-9-11-27(12-10-26)22(28)15-31-21-13-20(23(29)30)25-19-4-2-1-3-18(19)21/h1-8,13H,9-12,14-15H2,(H,29,30). The number of carboxylic acids is 1. The number of halogens is 1. The molecule has 1 fully saturated rings. The molecule has 0 spiro atoms. The number of benzene rings is 2. The number of aromatic nitrogens is 1. The Morgan fingerprint density at radius 1 is 1.03 bits per heavy atom. The highest BCUT2D eigenvalue weighted by Crippen LogP contribution is 2.25. The zero-order valence-electron chi connectivity index (χ0n) is 16.8. The molecule has 4 rings (SSSR count). The largest absolute Gasteiger partial charge is 0.483 e. The molecule has 0 radical (unpaired) electrons. The number of pyridine rings is 1. The van der Waals surface area contributed by atoms with Crippen LogP contribution in [0.1, 0.15) is 16.1 Å². The summed E-state index contributed by atoms with van der Waals surface area (Å²) >= 11 is 5.94. The Kier molecular flexibility index (Phi) is 6.34. The maximum absolute atomic E-state index is 12.7. The summed E-state index contributed by atoms with van der Waals surface area (Å²) in [5.41, 5.74) is 1.59. The number of para-hydroxylation sites is 1. The van der Waals surface area contributed by atoms with Crippen LogP contribution in [-0.4, -0.2) is 64.6 Å². The van der Waals surface area contributed by atoms with E-state index in [1.54, 1.807) is 23.1 Å². The monoisotopic (exact) mass is 439 g/mol. The van der Waals surface area contributed by atoms with Gasteiger partial charge < -0.3 is 14.7 Å². The summed E-state index contributed by atoms with van der Waals surface area (Å²) in [5, 5.41) is 10.7. The first-order valence-electron chi connectivity index (χ1n) is 10.00. The first-order valence-corrected chi connectivity index (χ1v) is 10.4. The Hall–Kier alpha value is -3.16. The molecular formula is C23H22ClN3O4. The lowest BCUT2D eigenvalue weighted by atomic mass is 10.2. The Bertz CT molecular complexity index is 1100. The Balaban J connectivity index is 1.34. The fraction of sp³-hybridized carbons (Fsp3) is 0.261. The first kappa shape index (κ1) is 21.1. The predicted octanol–water partition coefficient (Wildman–Crippen LogP) is 3.31. The first-order chi connectivity index (χ1) is 15.0. The summed E-state index contributed by atoms with van der Waals surface area (Å²) in [6.45, 7) is 3.45. The maximum Gasteiger partial charge on any atom is 0.354 e. The molecule has 0 saturated carbocycles. The zero-order valence-corrected chi connectivity index (χ0v) is 17.6. The summed E-state index contributed by atoms with van der Waals surface area (Å²) in [6.07, 6.45) is 0. The van der Waals surface area contributed by atoms with Crippen molar-refractivity contribution in [1.82, 2.24) is 14.8 Å². The molecule has 1 aliphatic rings. The lowest BCUT2D eigenvalue weighted by Gasteiger charge is -2.34. The Labute approximate surface area is 184 Å². The van der Waals surface area contributed by atoms with Crippen molar-refractivity contribution in [3.8, 4) is 5.75 Å². The van der Waals surface area contributed by atoms with Crippen LogP contribution in [0, 0.1) is 0 Å². The molecule has 0 atom stereocenters. The van der Waals surface area contributed by atoms with E-state index in [0.717, 1.165) is 24.7 Å². The summed E-state index contributed by atoms with van der Waals surface area (Å²) in [5.74, 6) is -0.916. The average Bonchev–Trinajstić information content (AvgIpc) is 2.79. The molecule has 1 amide bonds. The smallest absolute Gasteiger partial charge is 0.354 e. The molecule has 1 saturated heterocycles. The highest BCUT2D eigenvalue weighted by Gasteiger charge is 2.22. The average molecular weight is 440 g/mol. The molecule has 8 heteroatoms. The van der Waals surface area contributed by atoms with Gasteiger partial charge in [-0.25, -0.2) is 9.78 Å². The van der Waals surface area contributed by atoms with Crippen molar-refractivity contribution >= 4 is 34.4 Å². The number of amides is 1. The van der Waals surface area contributed by atoms with E-state index in [9.17, 15) is 14.7 Å². The minimum atomic E-state index is -1.14. The van der Waals surface area contributed by atoms with Gasteiger partial charge in [-0.2, -0.15) is 0 Å². The van der Waals surface area contributed by atoms with Crippen LogP contribution in [0.15, 0.2) is 54.6 Å². The van der Waals surface area contributed by atoms with E-state index in [1.807, 2.05) is 30.3 Å². The predicted molar refractivity (Wildman–Crippen MR) is 118 cm³/mol. The number of carbonyl (C=O) groups excluding carboxylic acids is 1. The molecular weight excluding hydrogens is 418 g/mol. The van der Waals surface area contributed by atoms with Crippen molar-refractivity contribution in [1.29, 1.82) is 0 Å². The van der Waals surface area contributed by atoms with Gasteiger partial charge in [0.25, 0.3) is 5.91 Å². The van der Waals surface area contributed by atoms with Gasteiger partial charge >= 0.3 is 5.97 Å². The van der Waals surface area contributed by atoms with Gasteiger partial charge in [0.1, 0.15) is 5.75 Å². The van der Waals surface area contributed by atoms with Crippen LogP contribution in [0.2, 0.25) is 5.02 Å². The highest BCUT2D eigenvalue weighted by molar-refractivity contribution is 6.30. The Morgan fingerprint density at radius 2 is 1.74 bits per heavy atom. The third-order valence-corrected chi connectivity index (χ3v) is 5.54. The number of hydrogen-bond donors (Lipinski definition) is 1. The van der Waals surface area contributed by atoms with Crippen LogP contribution in [-0.2, 0) is 11.3 Å². The lowest BCUT2D eigenvalue weighted by Crippen LogP contribution is -2.49. The molecule has 31 heavy (non-hydrogen) atoms. The van der Waals surface area contributed by atoms with Gasteiger partial charge in [0.05, 0.1) is 5.52 Å². The normalized spacial score (nSPS) is 14.5. The van der Waals surface area contributed by atoms with Gasteiger partial charge in [-0.3, -0.25) is 9.69 Å². The minimum absolute atomic E-state index is 0.114. The molecule has 0 unspecified atom stereocenters. The second-order valence-corrected chi connectivity index (χ2v) is 7.84. The summed E-state index contributed by atoms with van der Waals surface area (Å²) < 4.78 is 5.74. The van der Waals surface area contributed by atoms with Crippen LogP contribution in [0.4, 0.5) is 0 Å². The number of fused-ring (bicyclic) bond motifs is 1. The fourth-order valence-electron chi connectivity index (χ4n) is 3.61. The zero-order chi connectivity index (χ0) is 21.8. The number of carboxylic acid groups (broad SMARTS) is 1. The summed E-state index contributed by atoms with van der Waals surface area (Å²) in [7, 11) is 0. The van der Waals surface area contributed by atoms with E-state index < -0.39 is 5.97 Å².